The van der Waals surface area contributed by atoms with Crippen LogP contribution in [0.2, 0.25) is 5.02 Å². The van der Waals surface area contributed by atoms with Crippen molar-refractivity contribution < 1.29 is 14.0 Å². The van der Waals surface area contributed by atoms with Gasteiger partial charge in [0.15, 0.2) is 0 Å². The average Bonchev–Trinajstić information content (AvgIpc) is 3.34. The van der Waals surface area contributed by atoms with Crippen LogP contribution in [0.25, 0.3) is 17.4 Å². The maximum atomic E-state index is 12.8. The summed E-state index contributed by atoms with van der Waals surface area (Å²) in [6.45, 7) is 0. The number of carbonyl (C=O) groups is 2. The lowest BCUT2D eigenvalue weighted by Gasteiger charge is -2.09. The van der Waals surface area contributed by atoms with Crippen molar-refractivity contribution in [3.05, 3.63) is 125 Å². The number of hydrogen-bond acceptors (Lipinski definition) is 4. The first-order valence-corrected chi connectivity index (χ1v) is 10.8. The molecule has 0 saturated heterocycles. The Labute approximate surface area is 201 Å². The van der Waals surface area contributed by atoms with Crippen molar-refractivity contribution in [3.63, 3.8) is 0 Å². The van der Waals surface area contributed by atoms with E-state index in [-0.39, 0.29) is 5.70 Å². The number of hydrazone groups is 1. The number of rotatable bonds is 7. The predicted molar refractivity (Wildman–Crippen MR) is 133 cm³/mol. The van der Waals surface area contributed by atoms with Gasteiger partial charge in [-0.25, -0.2) is 5.43 Å². The van der Waals surface area contributed by atoms with Crippen molar-refractivity contribution in [1.82, 2.24) is 10.7 Å². The third kappa shape index (κ3) is 6.09. The van der Waals surface area contributed by atoms with Crippen LogP contribution in [0.1, 0.15) is 21.7 Å². The van der Waals surface area contributed by atoms with Gasteiger partial charge in [0, 0.05) is 16.1 Å². The van der Waals surface area contributed by atoms with Crippen molar-refractivity contribution in [2.75, 3.05) is 0 Å². The van der Waals surface area contributed by atoms with Crippen LogP contribution in [0.3, 0.4) is 0 Å². The molecule has 6 nitrogen and oxygen atoms in total. The molecule has 0 saturated carbocycles. The molecule has 4 rings (SSSR count). The summed E-state index contributed by atoms with van der Waals surface area (Å²) in [5, 5.41) is 7.27. The van der Waals surface area contributed by atoms with Gasteiger partial charge in [0.1, 0.15) is 17.2 Å². The first-order chi connectivity index (χ1) is 16.6. The Balaban J connectivity index is 1.47. The zero-order valence-electron chi connectivity index (χ0n) is 17.9. The Morgan fingerprint density at radius 2 is 1.50 bits per heavy atom. The SMILES string of the molecule is O=C(NN=Cc1ccc(-c2ccc(Cl)cc2)o1)C(=Cc1ccccc1)NC(=O)c1ccccc1. The van der Waals surface area contributed by atoms with E-state index in [1.54, 1.807) is 54.6 Å². The summed E-state index contributed by atoms with van der Waals surface area (Å²) in [6, 6.07) is 28.6. The molecule has 3 aromatic carbocycles. The van der Waals surface area contributed by atoms with Gasteiger partial charge in [-0.15, -0.1) is 0 Å². The molecule has 0 aliphatic carbocycles. The van der Waals surface area contributed by atoms with Crippen LogP contribution in [-0.2, 0) is 4.79 Å². The largest absolute Gasteiger partial charge is 0.455 e. The molecule has 0 atom stereocenters. The molecule has 0 aliphatic heterocycles. The zero-order valence-corrected chi connectivity index (χ0v) is 18.7. The van der Waals surface area contributed by atoms with E-state index in [4.69, 9.17) is 16.0 Å². The molecular formula is C27H20ClN3O3. The molecule has 2 N–H and O–H groups in total. The predicted octanol–water partition coefficient (Wildman–Crippen LogP) is 5.52. The molecule has 0 unspecified atom stereocenters. The van der Waals surface area contributed by atoms with Gasteiger partial charge in [-0.1, -0.05) is 60.1 Å². The molecule has 4 aromatic rings. The molecular weight excluding hydrogens is 450 g/mol. The minimum Gasteiger partial charge on any atom is -0.455 e. The van der Waals surface area contributed by atoms with Crippen LogP contribution in [-0.4, -0.2) is 18.0 Å². The molecule has 2 amide bonds. The first-order valence-electron chi connectivity index (χ1n) is 10.4. The van der Waals surface area contributed by atoms with Gasteiger partial charge in [0.25, 0.3) is 11.8 Å². The maximum Gasteiger partial charge on any atom is 0.287 e. The van der Waals surface area contributed by atoms with E-state index in [0.717, 1.165) is 11.1 Å². The quantitative estimate of drug-likeness (QED) is 0.212. The van der Waals surface area contributed by atoms with Gasteiger partial charge in [0.05, 0.1) is 6.21 Å². The summed E-state index contributed by atoms with van der Waals surface area (Å²) >= 11 is 5.92. The number of nitrogens with zero attached hydrogens (tertiary/aromatic N) is 1. The van der Waals surface area contributed by atoms with Crippen LogP contribution in [0.15, 0.2) is 112 Å². The average molecular weight is 470 g/mol. The van der Waals surface area contributed by atoms with Crippen LogP contribution in [0, 0.1) is 0 Å². The van der Waals surface area contributed by atoms with Gasteiger partial charge < -0.3 is 9.73 Å². The van der Waals surface area contributed by atoms with Crippen LogP contribution in [0.4, 0.5) is 0 Å². The maximum absolute atomic E-state index is 12.8. The fourth-order valence-corrected chi connectivity index (χ4v) is 3.19. The van der Waals surface area contributed by atoms with Gasteiger partial charge in [-0.3, -0.25) is 9.59 Å². The highest BCUT2D eigenvalue weighted by Gasteiger charge is 2.14. The van der Waals surface area contributed by atoms with Gasteiger partial charge in [-0.2, -0.15) is 5.10 Å². The molecule has 0 aliphatic rings. The van der Waals surface area contributed by atoms with Crippen LogP contribution >= 0.6 is 11.6 Å². The topological polar surface area (TPSA) is 83.7 Å². The number of halogens is 1. The van der Waals surface area contributed by atoms with E-state index in [1.807, 2.05) is 48.5 Å². The third-order valence-corrected chi connectivity index (χ3v) is 5.00. The Morgan fingerprint density at radius 3 is 2.21 bits per heavy atom. The van der Waals surface area contributed by atoms with E-state index in [9.17, 15) is 9.59 Å². The van der Waals surface area contributed by atoms with E-state index in [0.29, 0.717) is 22.1 Å². The number of hydrogen-bond donors (Lipinski definition) is 2. The lowest BCUT2D eigenvalue weighted by molar-refractivity contribution is -0.117. The van der Waals surface area contributed by atoms with Gasteiger partial charge in [0.2, 0.25) is 0 Å². The van der Waals surface area contributed by atoms with Gasteiger partial charge in [-0.05, 0) is 60.2 Å². The monoisotopic (exact) mass is 469 g/mol. The molecule has 0 radical (unpaired) electrons. The minimum absolute atomic E-state index is 0.0542. The van der Waals surface area contributed by atoms with Crippen molar-refractivity contribution in [2.24, 2.45) is 5.10 Å². The number of carbonyl (C=O) groups excluding carboxylic acids is 2. The number of amides is 2. The first kappa shape index (κ1) is 22.8. The zero-order chi connectivity index (χ0) is 23.8. The second-order valence-electron chi connectivity index (χ2n) is 7.20. The normalized spacial score (nSPS) is 11.4. The van der Waals surface area contributed by atoms with E-state index in [1.165, 1.54) is 6.21 Å². The Morgan fingerprint density at radius 1 is 0.824 bits per heavy atom. The second-order valence-corrected chi connectivity index (χ2v) is 7.63. The lowest BCUT2D eigenvalue weighted by Crippen LogP contribution is -2.32. The second kappa shape index (κ2) is 10.9. The van der Waals surface area contributed by atoms with E-state index in [2.05, 4.69) is 15.8 Å². The Bertz CT molecular complexity index is 1330. The molecule has 1 aromatic heterocycles. The summed E-state index contributed by atoms with van der Waals surface area (Å²) < 4.78 is 5.74. The molecule has 7 heteroatoms. The third-order valence-electron chi connectivity index (χ3n) is 4.75. The van der Waals surface area contributed by atoms with Crippen LogP contribution in [0.5, 0.6) is 0 Å². The van der Waals surface area contributed by atoms with Crippen molar-refractivity contribution in [3.8, 4) is 11.3 Å². The summed E-state index contributed by atoms with van der Waals surface area (Å²) in [5.41, 5.74) is 4.54. The standard InChI is InChI=1S/C27H20ClN3O3/c28-22-13-11-20(12-14-22)25-16-15-23(34-25)18-29-31-27(33)24(17-19-7-3-1-4-8-19)30-26(32)21-9-5-2-6-10-21/h1-18H,(H,30,32)(H,31,33). The summed E-state index contributed by atoms with van der Waals surface area (Å²) in [4.78, 5) is 25.4. The van der Waals surface area contributed by atoms with Crippen molar-refractivity contribution >= 4 is 35.7 Å². The molecule has 34 heavy (non-hydrogen) atoms. The molecule has 0 bridgehead atoms. The number of furan rings is 1. The highest BCUT2D eigenvalue weighted by molar-refractivity contribution is 6.30. The highest BCUT2D eigenvalue weighted by Crippen LogP contribution is 2.23. The van der Waals surface area contributed by atoms with Crippen molar-refractivity contribution in [2.45, 2.75) is 0 Å². The summed E-state index contributed by atoms with van der Waals surface area (Å²) in [5.74, 6) is 0.116. The highest BCUT2D eigenvalue weighted by atomic mass is 35.5. The van der Waals surface area contributed by atoms with E-state index >= 15 is 0 Å². The number of benzene rings is 3. The molecule has 168 valence electrons. The molecule has 1 heterocycles. The summed E-state index contributed by atoms with van der Waals surface area (Å²) in [7, 11) is 0. The smallest absolute Gasteiger partial charge is 0.287 e. The minimum atomic E-state index is -0.575. The Hall–Kier alpha value is -4.42. The fraction of sp³-hybridized carbons (Fsp3) is 0. The lowest BCUT2D eigenvalue weighted by atomic mass is 10.1. The fourth-order valence-electron chi connectivity index (χ4n) is 3.06. The molecule has 0 spiro atoms. The van der Waals surface area contributed by atoms with Crippen LogP contribution < -0.4 is 10.7 Å². The van der Waals surface area contributed by atoms with E-state index < -0.39 is 11.8 Å². The molecule has 0 fully saturated rings. The summed E-state index contributed by atoms with van der Waals surface area (Å²) in [6.07, 6.45) is 2.97. The number of nitrogens with one attached hydrogen (secondary N) is 2. The van der Waals surface area contributed by atoms with Crippen molar-refractivity contribution in [1.29, 1.82) is 0 Å². The Kier molecular flexibility index (Phi) is 7.32. The van der Waals surface area contributed by atoms with Gasteiger partial charge >= 0.3 is 0 Å².